The van der Waals surface area contributed by atoms with Crippen molar-refractivity contribution in [1.29, 1.82) is 0 Å². The van der Waals surface area contributed by atoms with Crippen LogP contribution in [0.4, 0.5) is 0 Å². The molecule has 0 aliphatic heterocycles. The van der Waals surface area contributed by atoms with E-state index in [9.17, 15) is 8.42 Å². The summed E-state index contributed by atoms with van der Waals surface area (Å²) in [5.41, 5.74) is 0. The zero-order chi connectivity index (χ0) is 16.4. The van der Waals surface area contributed by atoms with E-state index in [1.165, 1.54) is 38.5 Å². The van der Waals surface area contributed by atoms with Gasteiger partial charge in [-0.2, -0.15) is 0 Å². The molecule has 1 saturated carbocycles. The van der Waals surface area contributed by atoms with E-state index in [2.05, 4.69) is 22.5 Å². The minimum Gasteiger partial charge on any atom is -0.355 e. The van der Waals surface area contributed by atoms with E-state index < -0.39 is 9.84 Å². The lowest BCUT2D eigenvalue weighted by Crippen LogP contribution is -2.43. The van der Waals surface area contributed by atoms with Crippen LogP contribution >= 0.6 is 0 Å². The van der Waals surface area contributed by atoms with Crippen LogP contribution in [0, 0.1) is 5.92 Å². The molecule has 0 heterocycles. The van der Waals surface area contributed by atoms with Crippen molar-refractivity contribution in [3.63, 3.8) is 0 Å². The highest BCUT2D eigenvalue weighted by atomic mass is 32.2. The SMILES string of the molecule is CCS(=O)(=O)CCNC(=NC)NC(C)CCC1CCCCC1. The van der Waals surface area contributed by atoms with Crippen molar-refractivity contribution in [2.24, 2.45) is 10.9 Å². The number of nitrogens with zero attached hydrogens (tertiary/aromatic N) is 1. The van der Waals surface area contributed by atoms with E-state index >= 15 is 0 Å². The molecule has 0 amide bonds. The van der Waals surface area contributed by atoms with Crippen LogP contribution in [0.1, 0.15) is 58.8 Å². The number of aliphatic imine (C=N–C) groups is 1. The van der Waals surface area contributed by atoms with Gasteiger partial charge in [0.1, 0.15) is 0 Å². The zero-order valence-electron chi connectivity index (χ0n) is 14.4. The van der Waals surface area contributed by atoms with Gasteiger partial charge >= 0.3 is 0 Å². The summed E-state index contributed by atoms with van der Waals surface area (Å²) in [6, 6.07) is 0.357. The van der Waals surface area contributed by atoms with Crippen LogP contribution in [0.25, 0.3) is 0 Å². The summed E-state index contributed by atoms with van der Waals surface area (Å²) < 4.78 is 22.9. The first-order chi connectivity index (χ1) is 10.5. The lowest BCUT2D eigenvalue weighted by molar-refractivity contribution is 0.322. The molecule has 0 radical (unpaired) electrons. The first-order valence-electron chi connectivity index (χ1n) is 8.64. The third-order valence-corrected chi connectivity index (χ3v) is 6.19. The van der Waals surface area contributed by atoms with Gasteiger partial charge in [0.2, 0.25) is 0 Å². The summed E-state index contributed by atoms with van der Waals surface area (Å²) in [6.45, 7) is 4.25. The van der Waals surface area contributed by atoms with Crippen LogP contribution in [-0.2, 0) is 9.84 Å². The molecular weight excluding hydrogens is 298 g/mol. The molecule has 0 spiro atoms. The Balaban J connectivity index is 2.23. The lowest BCUT2D eigenvalue weighted by atomic mass is 9.85. The predicted molar refractivity (Wildman–Crippen MR) is 94.1 cm³/mol. The molecule has 130 valence electrons. The molecule has 1 atom stereocenters. The average Bonchev–Trinajstić information content (AvgIpc) is 2.53. The number of guanidine groups is 1. The summed E-state index contributed by atoms with van der Waals surface area (Å²) >= 11 is 0. The molecule has 1 aliphatic carbocycles. The predicted octanol–water partition coefficient (Wildman–Crippen LogP) is 2.34. The second-order valence-corrected chi connectivity index (χ2v) is 8.83. The van der Waals surface area contributed by atoms with Crippen LogP contribution in [0.2, 0.25) is 0 Å². The third-order valence-electron chi connectivity index (χ3n) is 4.48. The Morgan fingerprint density at radius 2 is 1.95 bits per heavy atom. The minimum absolute atomic E-state index is 0.153. The van der Waals surface area contributed by atoms with E-state index in [4.69, 9.17) is 0 Å². The van der Waals surface area contributed by atoms with Crippen LogP contribution in [0.3, 0.4) is 0 Å². The fourth-order valence-corrected chi connectivity index (χ4v) is 3.63. The maximum absolute atomic E-state index is 11.5. The lowest BCUT2D eigenvalue weighted by Gasteiger charge is -2.24. The molecule has 22 heavy (non-hydrogen) atoms. The monoisotopic (exact) mass is 331 g/mol. The Bertz CT molecular complexity index is 429. The van der Waals surface area contributed by atoms with Gasteiger partial charge in [0.15, 0.2) is 15.8 Å². The van der Waals surface area contributed by atoms with Gasteiger partial charge in [-0.25, -0.2) is 8.42 Å². The number of nitrogens with one attached hydrogen (secondary N) is 2. The number of hydrogen-bond donors (Lipinski definition) is 2. The molecule has 0 bridgehead atoms. The van der Waals surface area contributed by atoms with Crippen LogP contribution in [0.15, 0.2) is 4.99 Å². The number of hydrogen-bond acceptors (Lipinski definition) is 3. The van der Waals surface area contributed by atoms with Crippen molar-refractivity contribution in [3.8, 4) is 0 Å². The Labute approximate surface area is 136 Å². The largest absolute Gasteiger partial charge is 0.355 e. The smallest absolute Gasteiger partial charge is 0.191 e. The molecule has 1 unspecified atom stereocenters. The van der Waals surface area contributed by atoms with Gasteiger partial charge in [-0.1, -0.05) is 39.0 Å². The van der Waals surface area contributed by atoms with E-state index in [0.29, 0.717) is 18.5 Å². The zero-order valence-corrected chi connectivity index (χ0v) is 15.2. The third kappa shape index (κ3) is 8.01. The standard InChI is InChI=1S/C16H33N3O2S/c1-4-22(20,21)13-12-18-16(17-3)19-14(2)10-11-15-8-6-5-7-9-15/h14-15H,4-13H2,1-3H3,(H2,17,18,19). The van der Waals surface area contributed by atoms with Crippen LogP contribution < -0.4 is 10.6 Å². The van der Waals surface area contributed by atoms with Crippen molar-refractivity contribution in [3.05, 3.63) is 0 Å². The first-order valence-corrected chi connectivity index (χ1v) is 10.5. The molecule has 0 aromatic heterocycles. The summed E-state index contributed by atoms with van der Waals surface area (Å²) in [5.74, 6) is 1.93. The van der Waals surface area contributed by atoms with E-state index in [1.54, 1.807) is 14.0 Å². The Morgan fingerprint density at radius 1 is 1.27 bits per heavy atom. The van der Waals surface area contributed by atoms with Crippen molar-refractivity contribution in [1.82, 2.24) is 10.6 Å². The van der Waals surface area contributed by atoms with Crippen molar-refractivity contribution in [2.45, 2.75) is 64.8 Å². The van der Waals surface area contributed by atoms with Gasteiger partial charge in [0, 0.05) is 25.4 Å². The molecule has 1 fully saturated rings. The number of rotatable bonds is 8. The first kappa shape index (κ1) is 19.3. The van der Waals surface area contributed by atoms with Gasteiger partial charge < -0.3 is 10.6 Å². The van der Waals surface area contributed by atoms with Gasteiger partial charge in [-0.3, -0.25) is 4.99 Å². The van der Waals surface area contributed by atoms with Gasteiger partial charge in [-0.15, -0.1) is 0 Å². The highest BCUT2D eigenvalue weighted by molar-refractivity contribution is 7.91. The second-order valence-electron chi connectivity index (χ2n) is 6.36. The molecule has 1 rings (SSSR count). The molecule has 5 nitrogen and oxygen atoms in total. The molecular formula is C16H33N3O2S. The summed E-state index contributed by atoms with van der Waals surface area (Å²) in [4.78, 5) is 4.17. The maximum atomic E-state index is 11.5. The van der Waals surface area contributed by atoms with E-state index in [0.717, 1.165) is 12.3 Å². The molecule has 6 heteroatoms. The molecule has 2 N–H and O–H groups in total. The van der Waals surface area contributed by atoms with Crippen molar-refractivity contribution >= 4 is 15.8 Å². The topological polar surface area (TPSA) is 70.6 Å². The Hall–Kier alpha value is -0.780. The van der Waals surface area contributed by atoms with Gasteiger partial charge in [-0.05, 0) is 25.7 Å². The molecule has 0 aromatic rings. The summed E-state index contributed by atoms with van der Waals surface area (Å²) in [7, 11) is -1.20. The van der Waals surface area contributed by atoms with Crippen molar-refractivity contribution in [2.75, 3.05) is 25.1 Å². The highest BCUT2D eigenvalue weighted by Crippen LogP contribution is 2.27. The van der Waals surface area contributed by atoms with E-state index in [1.807, 2.05) is 0 Å². The van der Waals surface area contributed by atoms with Gasteiger partial charge in [0.25, 0.3) is 0 Å². The highest BCUT2D eigenvalue weighted by Gasteiger charge is 2.15. The fourth-order valence-electron chi connectivity index (χ4n) is 2.93. The van der Waals surface area contributed by atoms with Crippen LogP contribution in [-0.4, -0.2) is 45.5 Å². The molecule has 0 aromatic carbocycles. The quantitative estimate of drug-likeness (QED) is 0.529. The fraction of sp³-hybridized carbons (Fsp3) is 0.938. The maximum Gasteiger partial charge on any atom is 0.191 e. The summed E-state index contributed by atoms with van der Waals surface area (Å²) in [6.07, 6.45) is 9.36. The average molecular weight is 332 g/mol. The van der Waals surface area contributed by atoms with Gasteiger partial charge in [0.05, 0.1) is 5.75 Å². The summed E-state index contributed by atoms with van der Waals surface area (Å²) in [5, 5.41) is 6.44. The Kier molecular flexibility index (Phi) is 8.83. The number of sulfone groups is 1. The molecule has 0 saturated heterocycles. The Morgan fingerprint density at radius 3 is 2.55 bits per heavy atom. The molecule has 1 aliphatic rings. The second kappa shape index (κ2) is 10.1. The van der Waals surface area contributed by atoms with Crippen LogP contribution in [0.5, 0.6) is 0 Å². The van der Waals surface area contributed by atoms with Crippen molar-refractivity contribution < 1.29 is 8.42 Å². The van der Waals surface area contributed by atoms with E-state index in [-0.39, 0.29) is 11.5 Å². The normalized spacial score (nSPS) is 19.0. The minimum atomic E-state index is -2.92.